The molecule has 0 spiro atoms. The fraction of sp³-hybridized carbons (Fsp3) is 0.579. The molecule has 6 nitrogen and oxygen atoms in total. The number of nitrogens with zero attached hydrogens (tertiary/aromatic N) is 2. The quantitative estimate of drug-likeness (QED) is 0.718. The Labute approximate surface area is 158 Å². The zero-order chi connectivity index (χ0) is 18.5. The van der Waals surface area contributed by atoms with Crippen LogP contribution in [-0.4, -0.2) is 66.4 Å². The van der Waals surface area contributed by atoms with Crippen LogP contribution in [0.5, 0.6) is 0 Å². The van der Waals surface area contributed by atoms with Gasteiger partial charge in [0.25, 0.3) is 0 Å². The van der Waals surface area contributed by atoms with Crippen molar-refractivity contribution in [2.45, 2.75) is 43.9 Å². The van der Waals surface area contributed by atoms with Crippen molar-refractivity contribution in [1.29, 1.82) is 0 Å². The number of rotatable bonds is 6. The highest BCUT2D eigenvalue weighted by Crippen LogP contribution is 2.29. The fourth-order valence-corrected chi connectivity index (χ4v) is 4.69. The van der Waals surface area contributed by atoms with Crippen molar-refractivity contribution in [3.8, 4) is 12.3 Å². The highest BCUT2D eigenvalue weighted by Gasteiger charge is 2.44. The van der Waals surface area contributed by atoms with E-state index in [2.05, 4.69) is 44.8 Å². The third-order valence-corrected chi connectivity index (χ3v) is 6.24. The van der Waals surface area contributed by atoms with E-state index in [9.17, 15) is 9.59 Å². The molecule has 2 N–H and O–H groups in total. The summed E-state index contributed by atoms with van der Waals surface area (Å²) in [5, 5.41) is 7.86. The summed E-state index contributed by atoms with van der Waals surface area (Å²) in [5.41, 5.74) is 0. The molecule has 1 aromatic rings. The molecule has 2 saturated heterocycles. The van der Waals surface area contributed by atoms with Crippen LogP contribution in [0.4, 0.5) is 0 Å². The largest absolute Gasteiger partial charge is 0.353 e. The molecule has 2 amide bonds. The van der Waals surface area contributed by atoms with Crippen molar-refractivity contribution >= 4 is 23.2 Å². The highest BCUT2D eigenvalue weighted by atomic mass is 32.1. The molecule has 3 heterocycles. The predicted molar refractivity (Wildman–Crippen MR) is 103 cm³/mol. The van der Waals surface area contributed by atoms with E-state index in [-0.39, 0.29) is 36.5 Å². The van der Waals surface area contributed by atoms with E-state index in [1.54, 1.807) is 11.3 Å². The summed E-state index contributed by atoms with van der Waals surface area (Å²) in [6.07, 6.45) is 7.27. The lowest BCUT2D eigenvalue weighted by molar-refractivity contribution is -0.126. The Kier molecular flexibility index (Phi) is 6.30. The molecule has 0 saturated carbocycles. The van der Waals surface area contributed by atoms with Crippen LogP contribution in [0.15, 0.2) is 17.5 Å². The molecule has 26 heavy (non-hydrogen) atoms. The van der Waals surface area contributed by atoms with Crippen LogP contribution in [0.2, 0.25) is 0 Å². The molecule has 1 aromatic heterocycles. The summed E-state index contributed by atoms with van der Waals surface area (Å²) in [7, 11) is 2.08. The lowest BCUT2D eigenvalue weighted by Gasteiger charge is -2.33. The molecule has 7 heteroatoms. The van der Waals surface area contributed by atoms with Crippen LogP contribution in [0.3, 0.4) is 0 Å². The van der Waals surface area contributed by atoms with Crippen LogP contribution in [-0.2, 0) is 16.1 Å². The summed E-state index contributed by atoms with van der Waals surface area (Å²) in [5.74, 6) is 2.48. The summed E-state index contributed by atoms with van der Waals surface area (Å²) < 4.78 is 0. The van der Waals surface area contributed by atoms with Crippen LogP contribution >= 0.6 is 11.3 Å². The second-order valence-corrected chi connectivity index (χ2v) is 7.97. The summed E-state index contributed by atoms with van der Waals surface area (Å²) in [6.45, 7) is 2.58. The lowest BCUT2D eigenvalue weighted by Crippen LogP contribution is -2.49. The normalized spacial score (nSPS) is 26.6. The highest BCUT2D eigenvalue weighted by molar-refractivity contribution is 7.09. The number of carbonyl (C=O) groups is 2. The second kappa shape index (κ2) is 8.67. The summed E-state index contributed by atoms with van der Waals surface area (Å²) in [6, 6.07) is 4.40. The Balaban J connectivity index is 1.62. The maximum absolute atomic E-state index is 12.7. The van der Waals surface area contributed by atoms with Gasteiger partial charge in [0.1, 0.15) is 6.04 Å². The maximum atomic E-state index is 12.7. The van der Waals surface area contributed by atoms with Gasteiger partial charge in [0.05, 0.1) is 6.54 Å². The van der Waals surface area contributed by atoms with Crippen molar-refractivity contribution < 1.29 is 9.59 Å². The third kappa shape index (κ3) is 4.26. The van der Waals surface area contributed by atoms with Gasteiger partial charge in [-0.1, -0.05) is 12.0 Å². The van der Waals surface area contributed by atoms with Gasteiger partial charge in [0.15, 0.2) is 0 Å². The summed E-state index contributed by atoms with van der Waals surface area (Å²) >= 11 is 1.73. The number of thiophene rings is 1. The Hall–Kier alpha value is -1.88. The molecule has 0 aliphatic carbocycles. The molecule has 0 unspecified atom stereocenters. The van der Waals surface area contributed by atoms with Crippen LogP contribution < -0.4 is 10.6 Å². The van der Waals surface area contributed by atoms with Gasteiger partial charge in [-0.15, -0.1) is 17.8 Å². The second-order valence-electron chi connectivity index (χ2n) is 6.93. The maximum Gasteiger partial charge on any atom is 0.239 e. The minimum Gasteiger partial charge on any atom is -0.353 e. The predicted octanol–water partition coefficient (Wildman–Crippen LogP) is 0.651. The number of terminal acetylenes is 1. The Morgan fingerprint density at radius 1 is 1.54 bits per heavy atom. The SMILES string of the molecule is C#CCNC(=O)CC[C@H]1CNC(=O)[C@@H]2[C@@H](CCN2Cc2cccs2)N1C. The average Bonchev–Trinajstić information content (AvgIpc) is 3.27. The molecule has 0 radical (unpaired) electrons. The molecule has 3 rings (SSSR count). The number of carbonyl (C=O) groups excluding carboxylic acids is 2. The molecule has 0 aromatic carbocycles. The number of hydrogen-bond acceptors (Lipinski definition) is 5. The molecule has 0 bridgehead atoms. The molecule has 2 fully saturated rings. The van der Waals surface area contributed by atoms with Crippen LogP contribution in [0, 0.1) is 12.3 Å². The van der Waals surface area contributed by atoms with Crippen molar-refractivity contribution in [3.63, 3.8) is 0 Å². The number of hydrogen-bond donors (Lipinski definition) is 2. The van der Waals surface area contributed by atoms with E-state index in [1.165, 1.54) is 4.88 Å². The Morgan fingerprint density at radius 3 is 3.12 bits per heavy atom. The van der Waals surface area contributed by atoms with Gasteiger partial charge in [-0.05, 0) is 31.3 Å². The molecule has 140 valence electrons. The third-order valence-electron chi connectivity index (χ3n) is 5.38. The topological polar surface area (TPSA) is 64.7 Å². The first-order valence-electron chi connectivity index (χ1n) is 9.06. The number of amides is 2. The van der Waals surface area contributed by atoms with E-state index >= 15 is 0 Å². The Morgan fingerprint density at radius 2 is 2.38 bits per heavy atom. The van der Waals surface area contributed by atoms with E-state index in [4.69, 9.17) is 6.42 Å². The van der Waals surface area contributed by atoms with Gasteiger partial charge >= 0.3 is 0 Å². The number of likely N-dealkylation sites (N-methyl/N-ethyl adjacent to an activating group) is 1. The van der Waals surface area contributed by atoms with Crippen LogP contribution in [0.25, 0.3) is 0 Å². The summed E-state index contributed by atoms with van der Waals surface area (Å²) in [4.78, 5) is 30.4. The van der Waals surface area contributed by atoms with Crippen molar-refractivity contribution in [2.75, 3.05) is 26.7 Å². The van der Waals surface area contributed by atoms with Gasteiger partial charge in [0, 0.05) is 43.0 Å². The van der Waals surface area contributed by atoms with Gasteiger partial charge in [-0.2, -0.15) is 0 Å². The number of likely N-dealkylation sites (tertiary alicyclic amines) is 1. The van der Waals surface area contributed by atoms with E-state index < -0.39 is 0 Å². The van der Waals surface area contributed by atoms with Gasteiger partial charge < -0.3 is 10.6 Å². The van der Waals surface area contributed by atoms with Crippen molar-refractivity contribution in [1.82, 2.24) is 20.4 Å². The minimum absolute atomic E-state index is 0.0331. The minimum atomic E-state index is -0.123. The van der Waals surface area contributed by atoms with Gasteiger partial charge in [-0.25, -0.2) is 0 Å². The zero-order valence-corrected chi connectivity index (χ0v) is 15.9. The van der Waals surface area contributed by atoms with E-state index in [0.29, 0.717) is 19.4 Å². The monoisotopic (exact) mass is 374 g/mol. The molecule has 2 aliphatic rings. The Bertz CT molecular complexity index is 670. The first-order valence-corrected chi connectivity index (χ1v) is 9.94. The smallest absolute Gasteiger partial charge is 0.239 e. The van der Waals surface area contributed by atoms with E-state index in [1.807, 2.05) is 6.07 Å². The van der Waals surface area contributed by atoms with Gasteiger partial charge in [-0.3, -0.25) is 19.4 Å². The zero-order valence-electron chi connectivity index (χ0n) is 15.1. The van der Waals surface area contributed by atoms with E-state index in [0.717, 1.165) is 19.5 Å². The van der Waals surface area contributed by atoms with Crippen molar-refractivity contribution in [3.05, 3.63) is 22.4 Å². The molecular weight excluding hydrogens is 348 g/mol. The fourth-order valence-electron chi connectivity index (χ4n) is 3.96. The molecule has 2 aliphatic heterocycles. The number of nitrogens with one attached hydrogen (secondary N) is 2. The van der Waals surface area contributed by atoms with Gasteiger partial charge in [0.2, 0.25) is 11.8 Å². The van der Waals surface area contributed by atoms with Crippen LogP contribution in [0.1, 0.15) is 24.1 Å². The molecular formula is C19H26N4O2S. The average molecular weight is 375 g/mol. The first kappa shape index (κ1) is 18.9. The standard InChI is InChI=1S/C19H26N4O2S/c1-3-9-20-17(24)7-6-14-12-21-19(25)18-16(22(14)2)8-10-23(18)13-15-5-4-11-26-15/h1,4-5,11,14,16,18H,6-10,12-13H2,2H3,(H,20,24)(H,21,25)/t14-,16+,18-/m0/s1. The first-order chi connectivity index (χ1) is 12.6. The number of fused-ring (bicyclic) bond motifs is 1. The molecule has 3 atom stereocenters. The van der Waals surface area contributed by atoms with Crippen molar-refractivity contribution in [2.24, 2.45) is 0 Å². The lowest BCUT2D eigenvalue weighted by atomic mass is 10.0.